The molecular formula is C13H12N4O3. The third-order valence-corrected chi connectivity index (χ3v) is 2.56. The molecule has 0 heterocycles. The first-order valence-corrected chi connectivity index (χ1v) is 5.70. The zero-order chi connectivity index (χ0) is 14.5. The largest absolute Gasteiger partial charge is 0.495 e. The summed E-state index contributed by atoms with van der Waals surface area (Å²) >= 11 is 0. The number of nitrogen functional groups attached to an aromatic ring is 1. The Kier molecular flexibility index (Phi) is 3.90. The molecule has 2 aromatic carbocycles. The van der Waals surface area contributed by atoms with Gasteiger partial charge in [-0.3, -0.25) is 10.1 Å². The van der Waals surface area contributed by atoms with Crippen molar-refractivity contribution in [2.75, 3.05) is 12.8 Å². The van der Waals surface area contributed by atoms with Crippen LogP contribution in [-0.2, 0) is 0 Å². The van der Waals surface area contributed by atoms with Crippen molar-refractivity contribution >= 4 is 22.7 Å². The van der Waals surface area contributed by atoms with Crippen LogP contribution >= 0.6 is 0 Å². The van der Waals surface area contributed by atoms with Gasteiger partial charge in [0.2, 0.25) is 0 Å². The molecule has 0 atom stereocenters. The third kappa shape index (κ3) is 3.08. The molecule has 0 spiro atoms. The summed E-state index contributed by atoms with van der Waals surface area (Å²) in [6, 6.07) is 10.8. The van der Waals surface area contributed by atoms with Gasteiger partial charge < -0.3 is 10.5 Å². The van der Waals surface area contributed by atoms with Gasteiger partial charge in [0, 0.05) is 18.2 Å². The Morgan fingerprint density at radius 3 is 2.30 bits per heavy atom. The molecule has 0 amide bonds. The van der Waals surface area contributed by atoms with Crippen molar-refractivity contribution in [1.29, 1.82) is 0 Å². The van der Waals surface area contributed by atoms with Crippen LogP contribution in [0.4, 0.5) is 22.7 Å². The second kappa shape index (κ2) is 5.79. The highest BCUT2D eigenvalue weighted by molar-refractivity contribution is 5.59. The summed E-state index contributed by atoms with van der Waals surface area (Å²) < 4.78 is 5.08. The molecule has 0 radical (unpaired) electrons. The van der Waals surface area contributed by atoms with E-state index in [4.69, 9.17) is 10.5 Å². The van der Waals surface area contributed by atoms with Gasteiger partial charge in [-0.2, -0.15) is 10.2 Å². The van der Waals surface area contributed by atoms with Gasteiger partial charge in [-0.15, -0.1) is 0 Å². The van der Waals surface area contributed by atoms with E-state index in [1.54, 1.807) is 18.2 Å². The number of hydrogen-bond acceptors (Lipinski definition) is 6. The van der Waals surface area contributed by atoms with Gasteiger partial charge in [0.05, 0.1) is 29.1 Å². The topological polar surface area (TPSA) is 103 Å². The van der Waals surface area contributed by atoms with Crippen molar-refractivity contribution in [3.63, 3.8) is 0 Å². The summed E-state index contributed by atoms with van der Waals surface area (Å²) in [5, 5.41) is 18.5. The second-order valence-electron chi connectivity index (χ2n) is 3.90. The number of non-ortho nitro benzene ring substituents is 1. The molecule has 102 valence electrons. The molecule has 0 aliphatic heterocycles. The van der Waals surface area contributed by atoms with Crippen LogP contribution in [0.5, 0.6) is 5.75 Å². The quantitative estimate of drug-likeness (QED) is 0.397. The maximum Gasteiger partial charge on any atom is 0.269 e. The number of hydrogen-bond donors (Lipinski definition) is 1. The van der Waals surface area contributed by atoms with E-state index in [0.29, 0.717) is 22.8 Å². The summed E-state index contributed by atoms with van der Waals surface area (Å²) in [5.74, 6) is 0.519. The van der Waals surface area contributed by atoms with Crippen molar-refractivity contribution in [3.8, 4) is 5.75 Å². The highest BCUT2D eigenvalue weighted by Gasteiger charge is 2.03. The van der Waals surface area contributed by atoms with Crippen LogP contribution in [-0.4, -0.2) is 12.0 Å². The van der Waals surface area contributed by atoms with Crippen LogP contribution in [0.15, 0.2) is 52.7 Å². The lowest BCUT2D eigenvalue weighted by Crippen LogP contribution is -1.90. The first-order chi connectivity index (χ1) is 9.60. The molecule has 20 heavy (non-hydrogen) atoms. The van der Waals surface area contributed by atoms with E-state index in [9.17, 15) is 10.1 Å². The Labute approximate surface area is 114 Å². The van der Waals surface area contributed by atoms with Crippen LogP contribution in [0.3, 0.4) is 0 Å². The van der Waals surface area contributed by atoms with Crippen molar-refractivity contribution in [2.24, 2.45) is 10.2 Å². The number of benzene rings is 2. The second-order valence-corrected chi connectivity index (χ2v) is 3.90. The molecule has 7 nitrogen and oxygen atoms in total. The van der Waals surface area contributed by atoms with Crippen molar-refractivity contribution in [2.45, 2.75) is 0 Å². The van der Waals surface area contributed by atoms with Gasteiger partial charge in [-0.1, -0.05) is 0 Å². The normalized spacial score (nSPS) is 10.7. The molecule has 0 aromatic heterocycles. The lowest BCUT2D eigenvalue weighted by molar-refractivity contribution is -0.384. The van der Waals surface area contributed by atoms with E-state index in [-0.39, 0.29) is 5.69 Å². The smallest absolute Gasteiger partial charge is 0.269 e. The summed E-state index contributed by atoms with van der Waals surface area (Å²) in [6.07, 6.45) is 0. The monoisotopic (exact) mass is 272 g/mol. The zero-order valence-corrected chi connectivity index (χ0v) is 10.7. The van der Waals surface area contributed by atoms with E-state index < -0.39 is 4.92 Å². The van der Waals surface area contributed by atoms with Gasteiger partial charge in [-0.05, 0) is 24.3 Å². The van der Waals surface area contributed by atoms with Crippen LogP contribution in [0, 0.1) is 10.1 Å². The average Bonchev–Trinajstić information content (AvgIpc) is 2.46. The maximum atomic E-state index is 10.5. The Hall–Kier alpha value is -2.96. The molecular weight excluding hydrogens is 260 g/mol. The molecule has 2 aromatic rings. The number of azo groups is 1. The average molecular weight is 272 g/mol. The Bertz CT molecular complexity index is 653. The van der Waals surface area contributed by atoms with Crippen molar-refractivity contribution < 1.29 is 9.66 Å². The van der Waals surface area contributed by atoms with Gasteiger partial charge in [0.25, 0.3) is 5.69 Å². The van der Waals surface area contributed by atoms with Crippen LogP contribution in [0.25, 0.3) is 0 Å². The van der Waals surface area contributed by atoms with Gasteiger partial charge in [-0.25, -0.2) is 0 Å². The van der Waals surface area contributed by atoms with Crippen LogP contribution in [0.1, 0.15) is 0 Å². The SMILES string of the molecule is COc1cc(N=Nc2ccc([N+](=O)[O-])cc2)ccc1N. The number of nitrogens with zero attached hydrogens (tertiary/aromatic N) is 3. The number of nitro groups is 1. The molecule has 0 aliphatic rings. The molecule has 0 bridgehead atoms. The minimum absolute atomic E-state index is 0.0121. The standard InChI is InChI=1S/C13H12N4O3/c1-20-13-8-10(4-7-12(13)14)16-15-9-2-5-11(6-3-9)17(18)19/h2-8H,14H2,1H3. The van der Waals surface area contributed by atoms with Gasteiger partial charge in [0.1, 0.15) is 5.75 Å². The van der Waals surface area contributed by atoms with Crippen LogP contribution < -0.4 is 10.5 Å². The minimum atomic E-state index is -0.467. The molecule has 0 fully saturated rings. The number of rotatable bonds is 4. The number of methoxy groups -OCH3 is 1. The Morgan fingerprint density at radius 2 is 1.70 bits per heavy atom. The summed E-state index contributed by atoms with van der Waals surface area (Å²) in [6.45, 7) is 0. The predicted molar refractivity (Wildman–Crippen MR) is 74.7 cm³/mol. The van der Waals surface area contributed by atoms with Crippen molar-refractivity contribution in [1.82, 2.24) is 0 Å². The first-order valence-electron chi connectivity index (χ1n) is 5.70. The minimum Gasteiger partial charge on any atom is -0.495 e. The maximum absolute atomic E-state index is 10.5. The van der Waals surface area contributed by atoms with E-state index in [1.165, 1.54) is 31.4 Å². The van der Waals surface area contributed by atoms with Gasteiger partial charge in [0.15, 0.2) is 0 Å². The van der Waals surface area contributed by atoms with E-state index in [0.717, 1.165) is 0 Å². The molecule has 0 saturated carbocycles. The van der Waals surface area contributed by atoms with E-state index >= 15 is 0 Å². The van der Waals surface area contributed by atoms with Gasteiger partial charge >= 0.3 is 0 Å². The lowest BCUT2D eigenvalue weighted by Gasteiger charge is -2.03. The summed E-state index contributed by atoms with van der Waals surface area (Å²) in [7, 11) is 1.52. The Balaban J connectivity index is 2.18. The molecule has 0 aliphatic carbocycles. The number of anilines is 1. The number of nitro benzene ring substituents is 1. The Morgan fingerprint density at radius 1 is 1.10 bits per heavy atom. The fraction of sp³-hybridized carbons (Fsp3) is 0.0769. The molecule has 7 heteroatoms. The fourth-order valence-corrected chi connectivity index (χ4v) is 1.52. The zero-order valence-electron chi connectivity index (χ0n) is 10.7. The predicted octanol–water partition coefficient (Wildman–Crippen LogP) is 3.60. The third-order valence-electron chi connectivity index (χ3n) is 2.56. The van der Waals surface area contributed by atoms with E-state index in [2.05, 4.69) is 10.2 Å². The highest BCUT2D eigenvalue weighted by Crippen LogP contribution is 2.28. The summed E-state index contributed by atoms with van der Waals surface area (Å²) in [5.41, 5.74) is 7.32. The highest BCUT2D eigenvalue weighted by atomic mass is 16.6. The number of ether oxygens (including phenoxy) is 1. The summed E-state index contributed by atoms with van der Waals surface area (Å²) in [4.78, 5) is 10.1. The molecule has 2 N–H and O–H groups in total. The van der Waals surface area contributed by atoms with E-state index in [1.807, 2.05) is 0 Å². The van der Waals surface area contributed by atoms with Crippen LogP contribution in [0.2, 0.25) is 0 Å². The molecule has 0 saturated heterocycles. The first kappa shape index (κ1) is 13.5. The van der Waals surface area contributed by atoms with Crippen molar-refractivity contribution in [3.05, 3.63) is 52.6 Å². The fourth-order valence-electron chi connectivity index (χ4n) is 1.52. The lowest BCUT2D eigenvalue weighted by atomic mass is 10.2. The molecule has 0 unspecified atom stereocenters. The molecule has 2 rings (SSSR count). The number of nitrogens with two attached hydrogens (primary N) is 1.